The van der Waals surface area contributed by atoms with Crippen LogP contribution in [0, 0.1) is 0 Å². The number of aryl methyl sites for hydroxylation is 1. The molecular weight excluding hydrogens is 194 g/mol. The van der Waals surface area contributed by atoms with Crippen molar-refractivity contribution in [2.45, 2.75) is 24.1 Å². The number of hydrogen-bond acceptors (Lipinski definition) is 3. The van der Waals surface area contributed by atoms with E-state index in [2.05, 4.69) is 22.7 Å². The Morgan fingerprint density at radius 3 is 2.93 bits per heavy atom. The molecule has 0 bridgehead atoms. The van der Waals surface area contributed by atoms with E-state index < -0.39 is 0 Å². The molecule has 78 valence electrons. The fourth-order valence-electron chi connectivity index (χ4n) is 1.59. The Morgan fingerprint density at radius 2 is 2.43 bits per heavy atom. The summed E-state index contributed by atoms with van der Waals surface area (Å²) in [5.41, 5.74) is 1.25. The van der Waals surface area contributed by atoms with E-state index in [0.29, 0.717) is 4.75 Å². The molecule has 1 N–H and O–H groups in total. The van der Waals surface area contributed by atoms with Crippen LogP contribution in [0.4, 0.5) is 0 Å². The van der Waals surface area contributed by atoms with Gasteiger partial charge >= 0.3 is 0 Å². The van der Waals surface area contributed by atoms with E-state index in [-0.39, 0.29) is 0 Å². The molecule has 14 heavy (non-hydrogen) atoms. The zero-order valence-electron chi connectivity index (χ0n) is 8.79. The van der Waals surface area contributed by atoms with E-state index in [9.17, 15) is 0 Å². The van der Waals surface area contributed by atoms with E-state index in [1.165, 1.54) is 18.5 Å². The average molecular weight is 211 g/mol. The van der Waals surface area contributed by atoms with Crippen molar-refractivity contribution >= 4 is 11.8 Å². The van der Waals surface area contributed by atoms with Crippen LogP contribution in [0.1, 0.15) is 18.5 Å². The second kappa shape index (κ2) is 3.95. The van der Waals surface area contributed by atoms with Gasteiger partial charge in [-0.15, -0.1) is 0 Å². The second-order valence-electron chi connectivity index (χ2n) is 3.94. The molecule has 4 heteroatoms. The molecule has 0 aromatic carbocycles. The van der Waals surface area contributed by atoms with Crippen molar-refractivity contribution < 1.29 is 0 Å². The first-order valence-electron chi connectivity index (χ1n) is 4.98. The Kier molecular flexibility index (Phi) is 2.83. The van der Waals surface area contributed by atoms with Crippen LogP contribution in [0.15, 0.2) is 12.3 Å². The lowest BCUT2D eigenvalue weighted by Gasteiger charge is -2.12. The first kappa shape index (κ1) is 10.1. The lowest BCUT2D eigenvalue weighted by atomic mass is 10.3. The lowest BCUT2D eigenvalue weighted by Crippen LogP contribution is -2.26. The maximum Gasteiger partial charge on any atom is 0.0518 e. The van der Waals surface area contributed by atoms with Gasteiger partial charge in [-0.2, -0.15) is 16.9 Å². The van der Waals surface area contributed by atoms with Crippen molar-refractivity contribution in [3.63, 3.8) is 0 Å². The van der Waals surface area contributed by atoms with E-state index in [0.717, 1.165) is 13.1 Å². The second-order valence-corrected chi connectivity index (χ2v) is 5.21. The summed E-state index contributed by atoms with van der Waals surface area (Å²) in [6.07, 6.45) is 6.79. The van der Waals surface area contributed by atoms with Crippen molar-refractivity contribution in [1.82, 2.24) is 15.1 Å². The Labute approximate surface area is 89.3 Å². The SMILES string of the molecule is CSC1(CNCc2ccnn2C)CC1. The van der Waals surface area contributed by atoms with Crippen molar-refractivity contribution in [3.8, 4) is 0 Å². The van der Waals surface area contributed by atoms with Gasteiger partial charge in [0, 0.05) is 31.1 Å². The van der Waals surface area contributed by atoms with Crippen molar-refractivity contribution in [2.75, 3.05) is 12.8 Å². The van der Waals surface area contributed by atoms with Crippen LogP contribution in [-0.4, -0.2) is 27.3 Å². The molecule has 3 nitrogen and oxygen atoms in total. The topological polar surface area (TPSA) is 29.9 Å². The highest BCUT2D eigenvalue weighted by atomic mass is 32.2. The van der Waals surface area contributed by atoms with E-state index in [4.69, 9.17) is 0 Å². The van der Waals surface area contributed by atoms with Crippen LogP contribution in [0.25, 0.3) is 0 Å². The maximum absolute atomic E-state index is 4.14. The molecule has 1 fully saturated rings. The summed E-state index contributed by atoms with van der Waals surface area (Å²) in [6.45, 7) is 2.05. The molecule has 1 aliphatic carbocycles. The maximum atomic E-state index is 4.14. The van der Waals surface area contributed by atoms with Gasteiger partial charge in [-0.3, -0.25) is 4.68 Å². The summed E-state index contributed by atoms with van der Waals surface area (Å²) < 4.78 is 2.48. The first-order chi connectivity index (χ1) is 6.76. The number of nitrogens with zero attached hydrogens (tertiary/aromatic N) is 2. The molecule has 0 spiro atoms. The van der Waals surface area contributed by atoms with Crippen LogP contribution in [0.2, 0.25) is 0 Å². The number of thioether (sulfide) groups is 1. The number of nitrogens with one attached hydrogen (secondary N) is 1. The smallest absolute Gasteiger partial charge is 0.0518 e. The molecule has 0 unspecified atom stereocenters. The molecule has 2 rings (SSSR count). The van der Waals surface area contributed by atoms with Crippen molar-refractivity contribution in [1.29, 1.82) is 0 Å². The molecule has 0 radical (unpaired) electrons. The molecule has 0 saturated heterocycles. The van der Waals surface area contributed by atoms with E-state index in [1.54, 1.807) is 0 Å². The average Bonchev–Trinajstić information content (AvgIpc) is 2.86. The van der Waals surface area contributed by atoms with Gasteiger partial charge in [0.15, 0.2) is 0 Å². The number of hydrogen-bond donors (Lipinski definition) is 1. The van der Waals surface area contributed by atoms with Gasteiger partial charge in [-0.25, -0.2) is 0 Å². The Hall–Kier alpha value is -0.480. The summed E-state index contributed by atoms with van der Waals surface area (Å²) in [4.78, 5) is 0. The van der Waals surface area contributed by atoms with Crippen LogP contribution in [0.3, 0.4) is 0 Å². The fraction of sp³-hybridized carbons (Fsp3) is 0.700. The number of aromatic nitrogens is 2. The van der Waals surface area contributed by atoms with Gasteiger partial charge in [0.2, 0.25) is 0 Å². The lowest BCUT2D eigenvalue weighted by molar-refractivity contribution is 0.613. The highest BCUT2D eigenvalue weighted by Gasteiger charge is 2.41. The van der Waals surface area contributed by atoms with Gasteiger partial charge in [0.1, 0.15) is 0 Å². The van der Waals surface area contributed by atoms with E-state index >= 15 is 0 Å². The molecule has 1 saturated carbocycles. The minimum absolute atomic E-state index is 0.554. The highest BCUT2D eigenvalue weighted by molar-refractivity contribution is 8.00. The molecule has 1 aromatic heterocycles. The van der Waals surface area contributed by atoms with Gasteiger partial charge < -0.3 is 5.32 Å². The summed E-state index contributed by atoms with van der Waals surface area (Å²) in [7, 11) is 1.98. The van der Waals surface area contributed by atoms with Crippen molar-refractivity contribution in [2.24, 2.45) is 7.05 Å². The summed E-state index contributed by atoms with van der Waals surface area (Å²) in [5, 5.41) is 7.64. The van der Waals surface area contributed by atoms with Gasteiger partial charge in [0.05, 0.1) is 5.69 Å². The third-order valence-electron chi connectivity index (χ3n) is 2.92. The third kappa shape index (κ3) is 2.12. The van der Waals surface area contributed by atoms with Gasteiger partial charge in [-0.05, 0) is 25.2 Å². The Morgan fingerprint density at radius 1 is 1.64 bits per heavy atom. The minimum Gasteiger partial charge on any atom is -0.310 e. The minimum atomic E-state index is 0.554. The van der Waals surface area contributed by atoms with E-state index in [1.807, 2.05) is 29.7 Å². The molecule has 0 aliphatic heterocycles. The Balaban J connectivity index is 1.76. The first-order valence-corrected chi connectivity index (χ1v) is 6.21. The predicted molar refractivity (Wildman–Crippen MR) is 60.4 cm³/mol. The predicted octanol–water partition coefficient (Wildman–Crippen LogP) is 1.41. The van der Waals surface area contributed by atoms with Crippen LogP contribution in [0.5, 0.6) is 0 Å². The van der Waals surface area contributed by atoms with Gasteiger partial charge in [0.25, 0.3) is 0 Å². The summed E-state index contributed by atoms with van der Waals surface area (Å²) in [6, 6.07) is 2.06. The number of rotatable bonds is 5. The zero-order valence-corrected chi connectivity index (χ0v) is 9.60. The summed E-state index contributed by atoms with van der Waals surface area (Å²) >= 11 is 1.99. The third-order valence-corrected chi connectivity index (χ3v) is 4.34. The molecule has 1 heterocycles. The zero-order chi connectivity index (χ0) is 10.0. The molecule has 1 aliphatic rings. The summed E-state index contributed by atoms with van der Waals surface area (Å²) in [5.74, 6) is 0. The van der Waals surface area contributed by atoms with Crippen LogP contribution in [-0.2, 0) is 13.6 Å². The highest BCUT2D eigenvalue weighted by Crippen LogP contribution is 2.46. The molecular formula is C10H17N3S. The monoisotopic (exact) mass is 211 g/mol. The fourth-order valence-corrected chi connectivity index (χ4v) is 2.34. The quantitative estimate of drug-likeness (QED) is 0.798. The molecule has 0 amide bonds. The standard InChI is InChI=1S/C10H17N3S/c1-13-9(3-6-12-13)7-11-8-10(14-2)4-5-10/h3,6,11H,4-5,7-8H2,1-2H3. The Bertz CT molecular complexity index is 304. The van der Waals surface area contributed by atoms with Crippen LogP contribution >= 0.6 is 11.8 Å². The molecule has 1 aromatic rings. The largest absolute Gasteiger partial charge is 0.310 e. The normalized spacial score (nSPS) is 18.4. The molecule has 0 atom stereocenters. The van der Waals surface area contributed by atoms with Crippen molar-refractivity contribution in [3.05, 3.63) is 18.0 Å². The van der Waals surface area contributed by atoms with Gasteiger partial charge in [-0.1, -0.05) is 0 Å². The van der Waals surface area contributed by atoms with Crippen LogP contribution < -0.4 is 5.32 Å².